The summed E-state index contributed by atoms with van der Waals surface area (Å²) in [5, 5.41) is 2.69. The minimum Gasteiger partial charge on any atom is -0.497 e. The highest BCUT2D eigenvalue weighted by molar-refractivity contribution is 7.92. The average molecular weight is 467 g/mol. The van der Waals surface area contributed by atoms with Gasteiger partial charge in [-0.1, -0.05) is 12.1 Å². The van der Waals surface area contributed by atoms with E-state index in [4.69, 9.17) is 14.2 Å². The monoisotopic (exact) mass is 466 g/mol. The molecule has 0 spiro atoms. The van der Waals surface area contributed by atoms with E-state index in [-0.39, 0.29) is 11.7 Å². The van der Waals surface area contributed by atoms with Crippen molar-refractivity contribution in [2.75, 3.05) is 23.9 Å². The Morgan fingerprint density at radius 3 is 2.45 bits per heavy atom. The van der Waals surface area contributed by atoms with E-state index >= 15 is 0 Å². The molecule has 0 aliphatic carbocycles. The number of hydrogen-bond acceptors (Lipinski definition) is 6. The fourth-order valence-corrected chi connectivity index (χ4v) is 4.54. The van der Waals surface area contributed by atoms with Crippen molar-refractivity contribution in [3.8, 4) is 17.2 Å². The highest BCUT2D eigenvalue weighted by atomic mass is 32.2. The average Bonchev–Trinajstić information content (AvgIpc) is 3.27. The van der Waals surface area contributed by atoms with Crippen molar-refractivity contribution in [2.45, 2.75) is 11.8 Å². The molecule has 1 heterocycles. The highest BCUT2D eigenvalue weighted by Gasteiger charge is 2.18. The Morgan fingerprint density at radius 1 is 0.970 bits per heavy atom. The lowest BCUT2D eigenvalue weighted by Gasteiger charge is -2.12. The Balaban J connectivity index is 1.47. The summed E-state index contributed by atoms with van der Waals surface area (Å²) in [6, 6.07) is 16.6. The van der Waals surface area contributed by atoms with Crippen LogP contribution in [0.25, 0.3) is 6.08 Å². The maximum atomic E-state index is 12.9. The lowest BCUT2D eigenvalue weighted by atomic mass is 10.2. The van der Waals surface area contributed by atoms with Gasteiger partial charge in [-0.05, 0) is 72.7 Å². The lowest BCUT2D eigenvalue weighted by Crippen LogP contribution is -2.15. The molecule has 0 atom stereocenters. The van der Waals surface area contributed by atoms with E-state index in [1.165, 1.54) is 19.3 Å². The molecule has 33 heavy (non-hydrogen) atoms. The van der Waals surface area contributed by atoms with Gasteiger partial charge in [0.1, 0.15) is 5.75 Å². The molecule has 0 saturated carbocycles. The first-order valence-electron chi connectivity index (χ1n) is 10.0. The molecule has 2 N–H and O–H groups in total. The van der Waals surface area contributed by atoms with Gasteiger partial charge >= 0.3 is 0 Å². The molecular weight excluding hydrogens is 444 g/mol. The number of carbonyl (C=O) groups excluding carboxylic acids is 1. The summed E-state index contributed by atoms with van der Waals surface area (Å²) < 4.78 is 44.1. The smallest absolute Gasteiger partial charge is 0.262 e. The molecule has 0 aromatic heterocycles. The lowest BCUT2D eigenvalue weighted by molar-refractivity contribution is -0.111. The van der Waals surface area contributed by atoms with Crippen LogP contribution >= 0.6 is 0 Å². The van der Waals surface area contributed by atoms with Gasteiger partial charge in [0.15, 0.2) is 11.5 Å². The molecule has 0 unspecified atom stereocenters. The van der Waals surface area contributed by atoms with Crippen LogP contribution < -0.4 is 24.2 Å². The van der Waals surface area contributed by atoms with Gasteiger partial charge in [-0.3, -0.25) is 9.52 Å². The summed E-state index contributed by atoms with van der Waals surface area (Å²) in [7, 11) is -2.33. The number of carbonyl (C=O) groups is 1. The Labute approximate surface area is 191 Å². The number of aryl methyl sites for hydroxylation is 1. The van der Waals surface area contributed by atoms with Gasteiger partial charge in [-0.15, -0.1) is 0 Å². The van der Waals surface area contributed by atoms with E-state index in [2.05, 4.69) is 10.0 Å². The number of rotatable bonds is 7. The second kappa shape index (κ2) is 9.25. The molecular formula is C24H22N2O6S. The van der Waals surface area contributed by atoms with Crippen molar-refractivity contribution >= 4 is 33.4 Å². The number of nitrogens with one attached hydrogen (secondary N) is 2. The number of benzene rings is 3. The molecule has 1 aliphatic rings. The normalized spacial score (nSPS) is 12.5. The van der Waals surface area contributed by atoms with Crippen LogP contribution in [-0.4, -0.2) is 28.2 Å². The second-order valence-corrected chi connectivity index (χ2v) is 8.90. The molecule has 1 aliphatic heterocycles. The number of ether oxygens (including phenoxy) is 3. The van der Waals surface area contributed by atoms with Crippen molar-refractivity contribution in [2.24, 2.45) is 0 Å². The van der Waals surface area contributed by atoms with Gasteiger partial charge in [0.05, 0.1) is 12.0 Å². The van der Waals surface area contributed by atoms with Crippen molar-refractivity contribution in [3.63, 3.8) is 0 Å². The molecule has 3 aromatic carbocycles. The first-order valence-corrected chi connectivity index (χ1v) is 11.5. The fourth-order valence-electron chi connectivity index (χ4n) is 3.21. The van der Waals surface area contributed by atoms with Crippen molar-refractivity contribution < 1.29 is 27.4 Å². The molecule has 170 valence electrons. The van der Waals surface area contributed by atoms with Gasteiger partial charge in [0, 0.05) is 17.5 Å². The molecule has 0 fully saturated rings. The third-order valence-corrected chi connectivity index (χ3v) is 6.43. The maximum absolute atomic E-state index is 12.9. The molecule has 3 aromatic rings. The van der Waals surface area contributed by atoms with Gasteiger partial charge < -0.3 is 19.5 Å². The van der Waals surface area contributed by atoms with Crippen LogP contribution in [0.3, 0.4) is 0 Å². The minimum absolute atomic E-state index is 0.0656. The first kappa shape index (κ1) is 22.2. The van der Waals surface area contributed by atoms with E-state index in [1.54, 1.807) is 67.6 Å². The number of hydrogen-bond donors (Lipinski definition) is 2. The third-order valence-electron chi connectivity index (χ3n) is 4.91. The predicted molar refractivity (Wildman–Crippen MR) is 125 cm³/mol. The minimum atomic E-state index is -3.87. The summed E-state index contributed by atoms with van der Waals surface area (Å²) >= 11 is 0. The number of anilines is 2. The maximum Gasteiger partial charge on any atom is 0.262 e. The van der Waals surface area contributed by atoms with Crippen LogP contribution in [0.1, 0.15) is 11.1 Å². The Kier molecular flexibility index (Phi) is 6.23. The summed E-state index contributed by atoms with van der Waals surface area (Å²) in [6.45, 7) is 1.86. The van der Waals surface area contributed by atoms with Crippen LogP contribution in [-0.2, 0) is 14.8 Å². The van der Waals surface area contributed by atoms with Gasteiger partial charge in [-0.25, -0.2) is 8.42 Å². The van der Waals surface area contributed by atoms with Crippen molar-refractivity contribution in [1.29, 1.82) is 0 Å². The number of methoxy groups -OCH3 is 1. The third kappa shape index (κ3) is 5.27. The van der Waals surface area contributed by atoms with Crippen LogP contribution in [0.4, 0.5) is 11.4 Å². The number of amides is 1. The standard InChI is InChI=1S/C24H22N2O6S/c1-16-3-6-19(14-23(16)33(28,29)26-18-7-9-20(30-2)10-8-18)25-24(27)12-5-17-4-11-21-22(13-17)32-15-31-21/h3-14,26H,15H2,1-2H3,(H,25,27)/b12-5+. The second-order valence-electron chi connectivity index (χ2n) is 7.25. The van der Waals surface area contributed by atoms with Crippen LogP contribution in [0.2, 0.25) is 0 Å². The Hall–Kier alpha value is -3.98. The zero-order chi connectivity index (χ0) is 23.4. The molecule has 4 rings (SSSR count). The molecule has 1 amide bonds. The SMILES string of the molecule is COc1ccc(NS(=O)(=O)c2cc(NC(=O)/C=C/c3ccc4c(c3)OCO4)ccc2C)cc1. The van der Waals surface area contributed by atoms with Gasteiger partial charge in [0.25, 0.3) is 10.0 Å². The zero-order valence-corrected chi connectivity index (χ0v) is 18.8. The number of fused-ring (bicyclic) bond motifs is 1. The van der Waals surface area contributed by atoms with Gasteiger partial charge in [-0.2, -0.15) is 0 Å². The zero-order valence-electron chi connectivity index (χ0n) is 18.0. The molecule has 0 radical (unpaired) electrons. The molecule has 0 bridgehead atoms. The van der Waals surface area contributed by atoms with E-state index in [1.807, 2.05) is 0 Å². The molecule has 9 heteroatoms. The molecule has 8 nitrogen and oxygen atoms in total. The van der Waals surface area contributed by atoms with E-state index in [0.717, 1.165) is 5.56 Å². The van der Waals surface area contributed by atoms with Crippen LogP contribution in [0.15, 0.2) is 71.6 Å². The van der Waals surface area contributed by atoms with Crippen LogP contribution in [0.5, 0.6) is 17.2 Å². The summed E-state index contributed by atoms with van der Waals surface area (Å²) in [4.78, 5) is 12.5. The van der Waals surface area contributed by atoms with E-state index in [0.29, 0.717) is 34.2 Å². The molecule has 0 saturated heterocycles. The number of sulfonamides is 1. The largest absolute Gasteiger partial charge is 0.497 e. The fraction of sp³-hybridized carbons (Fsp3) is 0.125. The van der Waals surface area contributed by atoms with Crippen molar-refractivity contribution in [3.05, 3.63) is 77.9 Å². The van der Waals surface area contributed by atoms with Crippen LogP contribution in [0, 0.1) is 6.92 Å². The van der Waals surface area contributed by atoms with E-state index < -0.39 is 15.9 Å². The topological polar surface area (TPSA) is 103 Å². The predicted octanol–water partition coefficient (Wildman–Crippen LogP) is 4.19. The first-order chi connectivity index (χ1) is 15.8. The summed E-state index contributed by atoms with van der Waals surface area (Å²) in [5.74, 6) is 1.50. The highest BCUT2D eigenvalue weighted by Crippen LogP contribution is 2.32. The van der Waals surface area contributed by atoms with E-state index in [9.17, 15) is 13.2 Å². The Morgan fingerprint density at radius 2 is 1.70 bits per heavy atom. The quantitative estimate of drug-likeness (QED) is 0.507. The van der Waals surface area contributed by atoms with Gasteiger partial charge in [0.2, 0.25) is 12.7 Å². The summed E-state index contributed by atoms with van der Waals surface area (Å²) in [5.41, 5.74) is 2.07. The summed E-state index contributed by atoms with van der Waals surface area (Å²) in [6.07, 6.45) is 3.00. The van der Waals surface area contributed by atoms with Crippen molar-refractivity contribution in [1.82, 2.24) is 0 Å². The Bertz CT molecular complexity index is 1320.